The molecule has 1 heterocycles. The molecule has 84 valence electrons. The molecule has 0 amide bonds. The fourth-order valence-electron chi connectivity index (χ4n) is 1.02. The smallest absolute Gasteiger partial charge is 0.222 e. The Balaban J connectivity index is 2.07. The number of aromatic nitrogens is 2. The van der Waals surface area contributed by atoms with Crippen LogP contribution in [0.4, 0.5) is 5.95 Å². The molecular weight excluding hydrogens is 305 g/mol. The Morgan fingerprint density at radius 3 is 2.73 bits per heavy atom. The average Bonchev–Trinajstić information content (AvgIpc) is 2.26. The normalized spacial score (nSPS) is 10.3. The van der Waals surface area contributed by atoms with Gasteiger partial charge in [-0.2, -0.15) is 0 Å². The summed E-state index contributed by atoms with van der Waals surface area (Å²) in [5, 5.41) is 3.14. The number of rotatable bonds is 7. The number of nitrogens with zero attached hydrogens (tertiary/aromatic N) is 2. The molecule has 1 rings (SSSR count). The summed E-state index contributed by atoms with van der Waals surface area (Å²) in [6.45, 7) is 4.60. The Labute approximate surface area is 104 Å². The highest BCUT2D eigenvalue weighted by Gasteiger charge is 1.94. The summed E-state index contributed by atoms with van der Waals surface area (Å²) in [5.74, 6) is 0.686. The first-order valence-electron chi connectivity index (χ1n) is 5.12. The lowest BCUT2D eigenvalue weighted by molar-refractivity contribution is 0.134. The monoisotopic (exact) mass is 321 g/mol. The van der Waals surface area contributed by atoms with Gasteiger partial charge in [-0.25, -0.2) is 9.97 Å². The Bertz CT molecular complexity index is 266. The number of anilines is 1. The lowest BCUT2D eigenvalue weighted by Crippen LogP contribution is -2.08. The summed E-state index contributed by atoms with van der Waals surface area (Å²) in [6.07, 6.45) is 5.65. The molecule has 0 aliphatic carbocycles. The van der Waals surface area contributed by atoms with Crippen LogP contribution in [0.15, 0.2) is 12.4 Å². The van der Waals surface area contributed by atoms with Gasteiger partial charge in [0.25, 0.3) is 0 Å². The third-order valence-corrected chi connectivity index (χ3v) is 2.27. The van der Waals surface area contributed by atoms with Gasteiger partial charge in [0.15, 0.2) is 0 Å². The average molecular weight is 321 g/mol. The molecule has 15 heavy (non-hydrogen) atoms. The lowest BCUT2D eigenvalue weighted by Gasteiger charge is -2.04. The lowest BCUT2D eigenvalue weighted by atomic mass is 10.4. The zero-order valence-corrected chi connectivity index (χ0v) is 11.0. The standard InChI is InChI=1S/C10H16IN3O/c1-2-5-15-6-3-4-12-10-13-7-9(11)8-14-10/h7-8H,2-6H2,1H3,(H,12,13,14). The third-order valence-electron chi connectivity index (χ3n) is 1.72. The summed E-state index contributed by atoms with van der Waals surface area (Å²) >= 11 is 2.18. The van der Waals surface area contributed by atoms with E-state index < -0.39 is 0 Å². The van der Waals surface area contributed by atoms with E-state index in [1.165, 1.54) is 0 Å². The molecule has 0 spiro atoms. The maximum absolute atomic E-state index is 5.36. The molecule has 4 nitrogen and oxygen atoms in total. The van der Waals surface area contributed by atoms with Crippen molar-refractivity contribution in [1.29, 1.82) is 0 Å². The predicted octanol–water partition coefficient (Wildman–Crippen LogP) is 2.31. The molecule has 1 aromatic heterocycles. The topological polar surface area (TPSA) is 47.0 Å². The molecule has 0 unspecified atom stereocenters. The van der Waals surface area contributed by atoms with Crippen LogP contribution in [-0.4, -0.2) is 29.7 Å². The van der Waals surface area contributed by atoms with Crippen LogP contribution in [0.25, 0.3) is 0 Å². The van der Waals surface area contributed by atoms with Crippen molar-refractivity contribution in [2.75, 3.05) is 25.1 Å². The predicted molar refractivity (Wildman–Crippen MR) is 69.0 cm³/mol. The van der Waals surface area contributed by atoms with E-state index in [4.69, 9.17) is 4.74 Å². The minimum absolute atomic E-state index is 0.686. The van der Waals surface area contributed by atoms with Gasteiger partial charge < -0.3 is 10.1 Å². The van der Waals surface area contributed by atoms with Crippen molar-refractivity contribution in [3.63, 3.8) is 0 Å². The maximum Gasteiger partial charge on any atom is 0.222 e. The second-order valence-corrected chi connectivity index (χ2v) is 4.36. The van der Waals surface area contributed by atoms with Gasteiger partial charge in [-0.3, -0.25) is 0 Å². The van der Waals surface area contributed by atoms with Crippen molar-refractivity contribution in [2.24, 2.45) is 0 Å². The van der Waals surface area contributed by atoms with Gasteiger partial charge in [0.1, 0.15) is 0 Å². The highest BCUT2D eigenvalue weighted by molar-refractivity contribution is 14.1. The third kappa shape index (κ3) is 5.88. The van der Waals surface area contributed by atoms with Crippen molar-refractivity contribution >= 4 is 28.5 Å². The van der Waals surface area contributed by atoms with Gasteiger partial charge in [0, 0.05) is 35.7 Å². The largest absolute Gasteiger partial charge is 0.381 e. The van der Waals surface area contributed by atoms with E-state index in [0.717, 1.165) is 36.2 Å². The van der Waals surface area contributed by atoms with E-state index in [9.17, 15) is 0 Å². The van der Waals surface area contributed by atoms with Crippen LogP contribution in [0, 0.1) is 3.57 Å². The molecule has 0 aromatic carbocycles. The fourth-order valence-corrected chi connectivity index (χ4v) is 1.30. The molecule has 0 radical (unpaired) electrons. The van der Waals surface area contributed by atoms with Gasteiger partial charge in [-0.1, -0.05) is 6.92 Å². The van der Waals surface area contributed by atoms with Gasteiger partial charge in [-0.15, -0.1) is 0 Å². The van der Waals surface area contributed by atoms with Crippen molar-refractivity contribution in [3.8, 4) is 0 Å². The van der Waals surface area contributed by atoms with Gasteiger partial charge in [0.2, 0.25) is 5.95 Å². The van der Waals surface area contributed by atoms with Crippen LogP contribution in [0.5, 0.6) is 0 Å². The molecule has 5 heteroatoms. The number of nitrogens with one attached hydrogen (secondary N) is 1. The number of hydrogen-bond acceptors (Lipinski definition) is 4. The van der Waals surface area contributed by atoms with Crippen molar-refractivity contribution in [1.82, 2.24) is 9.97 Å². The first-order valence-corrected chi connectivity index (χ1v) is 6.20. The number of halogens is 1. The summed E-state index contributed by atoms with van der Waals surface area (Å²) in [7, 11) is 0. The zero-order chi connectivity index (χ0) is 10.9. The molecule has 0 atom stereocenters. The van der Waals surface area contributed by atoms with Crippen LogP contribution in [0.1, 0.15) is 19.8 Å². The van der Waals surface area contributed by atoms with Gasteiger partial charge in [-0.05, 0) is 35.4 Å². The van der Waals surface area contributed by atoms with Crippen molar-refractivity contribution in [3.05, 3.63) is 16.0 Å². The van der Waals surface area contributed by atoms with Crippen LogP contribution < -0.4 is 5.32 Å². The van der Waals surface area contributed by atoms with Crippen LogP contribution >= 0.6 is 22.6 Å². The first-order chi connectivity index (χ1) is 7.33. The SMILES string of the molecule is CCCOCCCNc1ncc(I)cn1. The van der Waals surface area contributed by atoms with E-state index in [1.54, 1.807) is 12.4 Å². The van der Waals surface area contributed by atoms with Crippen molar-refractivity contribution in [2.45, 2.75) is 19.8 Å². The molecular formula is C10H16IN3O. The quantitative estimate of drug-likeness (QED) is 0.618. The molecule has 1 aromatic rings. The molecule has 0 aliphatic heterocycles. The minimum atomic E-state index is 0.686. The second kappa shape index (κ2) is 7.81. The van der Waals surface area contributed by atoms with Crippen molar-refractivity contribution < 1.29 is 4.74 Å². The van der Waals surface area contributed by atoms with E-state index in [-0.39, 0.29) is 0 Å². The van der Waals surface area contributed by atoms with Gasteiger partial charge >= 0.3 is 0 Å². The van der Waals surface area contributed by atoms with E-state index in [0.29, 0.717) is 5.95 Å². The first kappa shape index (κ1) is 12.6. The Morgan fingerprint density at radius 1 is 1.33 bits per heavy atom. The highest BCUT2D eigenvalue weighted by Crippen LogP contribution is 2.02. The second-order valence-electron chi connectivity index (χ2n) is 3.12. The molecule has 0 fully saturated rings. The molecule has 0 saturated carbocycles. The Hall–Kier alpha value is -0.430. The maximum atomic E-state index is 5.36. The summed E-state index contributed by atoms with van der Waals surface area (Å²) in [4.78, 5) is 8.28. The van der Waals surface area contributed by atoms with Crippen LogP contribution in [0.3, 0.4) is 0 Å². The van der Waals surface area contributed by atoms with Crippen LogP contribution in [-0.2, 0) is 4.74 Å². The Morgan fingerprint density at radius 2 is 2.07 bits per heavy atom. The number of hydrogen-bond donors (Lipinski definition) is 1. The highest BCUT2D eigenvalue weighted by atomic mass is 127. The molecule has 1 N–H and O–H groups in total. The minimum Gasteiger partial charge on any atom is -0.381 e. The summed E-state index contributed by atoms with van der Waals surface area (Å²) in [6, 6.07) is 0. The van der Waals surface area contributed by atoms with Gasteiger partial charge in [0.05, 0.1) is 0 Å². The van der Waals surface area contributed by atoms with E-state index >= 15 is 0 Å². The van der Waals surface area contributed by atoms with E-state index in [2.05, 4.69) is 44.8 Å². The molecule has 0 aliphatic rings. The Kier molecular flexibility index (Phi) is 6.58. The fraction of sp³-hybridized carbons (Fsp3) is 0.600. The molecule has 0 saturated heterocycles. The summed E-state index contributed by atoms with van der Waals surface area (Å²) in [5.41, 5.74) is 0. The zero-order valence-electron chi connectivity index (χ0n) is 8.87. The van der Waals surface area contributed by atoms with E-state index in [1.807, 2.05) is 0 Å². The number of ether oxygens (including phenoxy) is 1. The molecule has 0 bridgehead atoms. The van der Waals surface area contributed by atoms with Crippen LogP contribution in [0.2, 0.25) is 0 Å². The summed E-state index contributed by atoms with van der Waals surface area (Å²) < 4.78 is 6.40.